The third-order valence-electron chi connectivity index (χ3n) is 3.16. The van der Waals surface area contributed by atoms with Crippen LogP contribution in [0.25, 0.3) is 0 Å². The molecular formula is C15H16BrClN2O. The van der Waals surface area contributed by atoms with Crippen molar-refractivity contribution in [2.45, 2.75) is 32.7 Å². The van der Waals surface area contributed by atoms with Crippen molar-refractivity contribution in [3.8, 4) is 0 Å². The van der Waals surface area contributed by atoms with Crippen LogP contribution in [0, 0.1) is 0 Å². The van der Waals surface area contributed by atoms with Gasteiger partial charge in [-0.3, -0.25) is 4.79 Å². The Hall–Kier alpha value is -1.13. The second kappa shape index (κ2) is 7.04. The number of unbranched alkanes of at least 4 members (excludes halogenated alkanes) is 1. The number of halogens is 2. The highest BCUT2D eigenvalue weighted by Crippen LogP contribution is 2.20. The normalized spacial score (nSPS) is 10.8. The fourth-order valence-corrected chi connectivity index (χ4v) is 2.58. The van der Waals surface area contributed by atoms with Gasteiger partial charge in [0.1, 0.15) is 11.5 Å². The quantitative estimate of drug-likeness (QED) is 0.715. The van der Waals surface area contributed by atoms with Crippen LogP contribution in [0.15, 0.2) is 28.7 Å². The first-order chi connectivity index (χ1) is 9.65. The maximum atomic E-state index is 11.2. The standard InChI is InChI=1S/C15H16BrClN2O/c1-2-3-4-14-18-15(17)13(10-20)19(14)9-11-5-7-12(16)8-6-11/h5-8,10H,2-4,9H2,1H3. The van der Waals surface area contributed by atoms with Crippen molar-refractivity contribution in [1.82, 2.24) is 9.55 Å². The van der Waals surface area contributed by atoms with E-state index in [1.165, 1.54) is 0 Å². The lowest BCUT2D eigenvalue weighted by atomic mass is 10.2. The molecule has 0 unspecified atom stereocenters. The first-order valence-corrected chi connectivity index (χ1v) is 7.77. The minimum Gasteiger partial charge on any atom is -0.320 e. The van der Waals surface area contributed by atoms with Crippen LogP contribution in [0.2, 0.25) is 5.15 Å². The van der Waals surface area contributed by atoms with E-state index in [0.717, 1.165) is 41.4 Å². The van der Waals surface area contributed by atoms with E-state index in [-0.39, 0.29) is 0 Å². The molecule has 0 atom stereocenters. The molecule has 0 aliphatic carbocycles. The summed E-state index contributed by atoms with van der Waals surface area (Å²) >= 11 is 9.47. The van der Waals surface area contributed by atoms with E-state index in [1.807, 2.05) is 28.8 Å². The third-order valence-corrected chi connectivity index (χ3v) is 3.97. The van der Waals surface area contributed by atoms with Crippen molar-refractivity contribution in [1.29, 1.82) is 0 Å². The Kier molecular flexibility index (Phi) is 5.38. The molecule has 1 aromatic carbocycles. The zero-order valence-electron chi connectivity index (χ0n) is 11.3. The maximum Gasteiger partial charge on any atom is 0.169 e. The number of imidazole rings is 1. The van der Waals surface area contributed by atoms with Crippen LogP contribution in [0.5, 0.6) is 0 Å². The number of nitrogens with zero attached hydrogens (tertiary/aromatic N) is 2. The van der Waals surface area contributed by atoms with E-state index in [9.17, 15) is 4.79 Å². The lowest BCUT2D eigenvalue weighted by Crippen LogP contribution is -2.08. The summed E-state index contributed by atoms with van der Waals surface area (Å²) < 4.78 is 2.94. The Labute approximate surface area is 132 Å². The van der Waals surface area contributed by atoms with Crippen LogP contribution in [0.1, 0.15) is 41.6 Å². The van der Waals surface area contributed by atoms with E-state index in [1.54, 1.807) is 0 Å². The molecule has 0 fully saturated rings. The van der Waals surface area contributed by atoms with Gasteiger partial charge in [-0.05, 0) is 24.1 Å². The SMILES string of the molecule is CCCCc1nc(Cl)c(C=O)n1Cc1ccc(Br)cc1. The minimum atomic E-state index is 0.295. The monoisotopic (exact) mass is 354 g/mol. The summed E-state index contributed by atoms with van der Waals surface area (Å²) in [5.74, 6) is 0.877. The van der Waals surface area contributed by atoms with Gasteiger partial charge in [0.25, 0.3) is 0 Å². The molecule has 1 aromatic heterocycles. The van der Waals surface area contributed by atoms with Gasteiger partial charge in [0, 0.05) is 17.4 Å². The largest absolute Gasteiger partial charge is 0.320 e. The van der Waals surface area contributed by atoms with Crippen LogP contribution in [-0.4, -0.2) is 15.8 Å². The zero-order chi connectivity index (χ0) is 14.5. The maximum absolute atomic E-state index is 11.2. The molecule has 106 valence electrons. The number of aldehydes is 1. The van der Waals surface area contributed by atoms with Gasteiger partial charge in [-0.25, -0.2) is 4.98 Å². The molecule has 0 bridgehead atoms. The Morgan fingerprint density at radius 3 is 2.65 bits per heavy atom. The smallest absolute Gasteiger partial charge is 0.169 e. The fraction of sp³-hybridized carbons (Fsp3) is 0.333. The topological polar surface area (TPSA) is 34.9 Å². The summed E-state index contributed by atoms with van der Waals surface area (Å²) in [7, 11) is 0. The molecule has 0 spiro atoms. The Morgan fingerprint density at radius 1 is 1.35 bits per heavy atom. The van der Waals surface area contributed by atoms with Crippen LogP contribution >= 0.6 is 27.5 Å². The number of rotatable bonds is 6. The van der Waals surface area contributed by atoms with E-state index in [0.29, 0.717) is 17.4 Å². The molecule has 0 amide bonds. The molecule has 0 saturated carbocycles. The van der Waals surface area contributed by atoms with E-state index in [2.05, 4.69) is 27.8 Å². The van der Waals surface area contributed by atoms with Crippen LogP contribution in [0.4, 0.5) is 0 Å². The number of carbonyl (C=O) groups is 1. The lowest BCUT2D eigenvalue weighted by molar-refractivity contribution is 0.111. The van der Waals surface area contributed by atoms with Gasteiger partial charge >= 0.3 is 0 Å². The molecule has 0 aliphatic rings. The lowest BCUT2D eigenvalue weighted by Gasteiger charge is -2.09. The summed E-state index contributed by atoms with van der Waals surface area (Å²) in [6.45, 7) is 2.74. The molecular weight excluding hydrogens is 340 g/mol. The fourth-order valence-electron chi connectivity index (χ4n) is 2.07. The second-order valence-corrected chi connectivity index (χ2v) is 5.91. The van der Waals surface area contributed by atoms with Crippen LogP contribution < -0.4 is 0 Å². The highest BCUT2D eigenvalue weighted by molar-refractivity contribution is 9.10. The number of aryl methyl sites for hydroxylation is 1. The molecule has 20 heavy (non-hydrogen) atoms. The van der Waals surface area contributed by atoms with Crippen molar-refractivity contribution in [2.75, 3.05) is 0 Å². The van der Waals surface area contributed by atoms with Crippen molar-refractivity contribution < 1.29 is 4.79 Å². The van der Waals surface area contributed by atoms with E-state index >= 15 is 0 Å². The van der Waals surface area contributed by atoms with Gasteiger partial charge in [-0.15, -0.1) is 0 Å². The summed E-state index contributed by atoms with van der Waals surface area (Å²) in [4.78, 5) is 15.5. The minimum absolute atomic E-state index is 0.295. The molecule has 0 N–H and O–H groups in total. The number of aromatic nitrogens is 2. The Bertz CT molecular complexity index is 593. The number of benzene rings is 1. The number of hydrogen-bond acceptors (Lipinski definition) is 2. The molecule has 0 radical (unpaired) electrons. The van der Waals surface area contributed by atoms with Gasteiger partial charge < -0.3 is 4.57 Å². The number of hydrogen-bond donors (Lipinski definition) is 0. The molecule has 2 aromatic rings. The average molecular weight is 356 g/mol. The summed E-state index contributed by atoms with van der Waals surface area (Å²) in [6, 6.07) is 8.02. The molecule has 0 saturated heterocycles. The predicted molar refractivity (Wildman–Crippen MR) is 84.5 cm³/mol. The first-order valence-electron chi connectivity index (χ1n) is 6.60. The number of carbonyl (C=O) groups excluding carboxylic acids is 1. The van der Waals surface area contributed by atoms with Crippen molar-refractivity contribution >= 4 is 33.8 Å². The van der Waals surface area contributed by atoms with Gasteiger partial charge in [0.05, 0.1) is 0 Å². The van der Waals surface area contributed by atoms with Gasteiger partial charge in [0.2, 0.25) is 0 Å². The summed E-state index contributed by atoms with van der Waals surface area (Å²) in [5, 5.41) is 0.295. The van der Waals surface area contributed by atoms with E-state index < -0.39 is 0 Å². The summed E-state index contributed by atoms with van der Waals surface area (Å²) in [6.07, 6.45) is 3.73. The molecule has 2 rings (SSSR count). The van der Waals surface area contributed by atoms with Crippen molar-refractivity contribution in [2.24, 2.45) is 0 Å². The van der Waals surface area contributed by atoms with Crippen LogP contribution in [-0.2, 0) is 13.0 Å². The Balaban J connectivity index is 2.32. The molecule has 0 aliphatic heterocycles. The zero-order valence-corrected chi connectivity index (χ0v) is 13.6. The van der Waals surface area contributed by atoms with Gasteiger partial charge in [-0.2, -0.15) is 0 Å². The predicted octanol–water partition coefficient (Wildman–Crippen LogP) is 4.50. The highest BCUT2D eigenvalue weighted by atomic mass is 79.9. The summed E-state index contributed by atoms with van der Waals surface area (Å²) in [5.41, 5.74) is 1.57. The third kappa shape index (κ3) is 3.49. The van der Waals surface area contributed by atoms with Gasteiger partial charge in [-0.1, -0.05) is 53.0 Å². The first kappa shape index (κ1) is 15.3. The van der Waals surface area contributed by atoms with Gasteiger partial charge in [0.15, 0.2) is 11.4 Å². The van der Waals surface area contributed by atoms with E-state index in [4.69, 9.17) is 11.6 Å². The average Bonchev–Trinajstić information content (AvgIpc) is 2.74. The molecule has 3 nitrogen and oxygen atoms in total. The highest BCUT2D eigenvalue weighted by Gasteiger charge is 2.15. The molecule has 5 heteroatoms. The Morgan fingerprint density at radius 2 is 2.05 bits per heavy atom. The molecule has 1 heterocycles. The van der Waals surface area contributed by atoms with Crippen molar-refractivity contribution in [3.63, 3.8) is 0 Å². The second-order valence-electron chi connectivity index (χ2n) is 4.64. The van der Waals surface area contributed by atoms with Crippen LogP contribution in [0.3, 0.4) is 0 Å². The van der Waals surface area contributed by atoms with Crippen molar-refractivity contribution in [3.05, 3.63) is 51.0 Å².